The number of ether oxygens (including phenoxy) is 2. The molecule has 2 atom stereocenters. The standard InChI is InChI=1S/C30H28F4O2/c1-2-3-14-35-18-21-6-13-30(36-19-21)24-9-8-22(27(32)17-24)7-4-20-5-11-25(28(33)15-20)23-10-12-26(31)29(34)16-23/h5,8-12,15-17,21,30H,2-3,6,13-14,18-19H2,1H3. The van der Waals surface area contributed by atoms with E-state index < -0.39 is 23.3 Å². The van der Waals surface area contributed by atoms with Crippen LogP contribution >= 0.6 is 0 Å². The van der Waals surface area contributed by atoms with Crippen molar-refractivity contribution in [2.45, 2.75) is 38.7 Å². The van der Waals surface area contributed by atoms with Crippen molar-refractivity contribution < 1.29 is 27.0 Å². The molecule has 1 saturated heterocycles. The summed E-state index contributed by atoms with van der Waals surface area (Å²) in [5, 5.41) is 0. The van der Waals surface area contributed by atoms with Gasteiger partial charge in [0.15, 0.2) is 11.6 Å². The summed E-state index contributed by atoms with van der Waals surface area (Å²) in [7, 11) is 0. The van der Waals surface area contributed by atoms with Crippen LogP contribution in [0.4, 0.5) is 17.6 Å². The number of hydrogen-bond donors (Lipinski definition) is 0. The van der Waals surface area contributed by atoms with Crippen LogP contribution in [0.5, 0.6) is 0 Å². The van der Waals surface area contributed by atoms with Gasteiger partial charge in [-0.2, -0.15) is 0 Å². The maximum absolute atomic E-state index is 14.7. The van der Waals surface area contributed by atoms with Crippen LogP contribution in [0.3, 0.4) is 0 Å². The molecule has 0 N–H and O–H groups in total. The van der Waals surface area contributed by atoms with Gasteiger partial charge in [0.1, 0.15) is 11.6 Å². The van der Waals surface area contributed by atoms with Crippen LogP contribution < -0.4 is 0 Å². The Bertz CT molecular complexity index is 1250. The summed E-state index contributed by atoms with van der Waals surface area (Å²) in [6.45, 7) is 4.19. The first-order valence-corrected chi connectivity index (χ1v) is 12.2. The fourth-order valence-corrected chi connectivity index (χ4v) is 4.16. The van der Waals surface area contributed by atoms with E-state index in [2.05, 4.69) is 18.8 Å². The van der Waals surface area contributed by atoms with Crippen molar-refractivity contribution in [1.29, 1.82) is 0 Å². The minimum Gasteiger partial charge on any atom is -0.381 e. The Hall–Kier alpha value is -3.14. The summed E-state index contributed by atoms with van der Waals surface area (Å²) >= 11 is 0. The molecular formula is C30H28F4O2. The lowest BCUT2D eigenvalue weighted by Gasteiger charge is -2.29. The zero-order valence-electron chi connectivity index (χ0n) is 20.1. The van der Waals surface area contributed by atoms with Crippen molar-refractivity contribution in [3.63, 3.8) is 0 Å². The van der Waals surface area contributed by atoms with Crippen LogP contribution in [-0.2, 0) is 9.47 Å². The molecule has 4 rings (SSSR count). The van der Waals surface area contributed by atoms with Gasteiger partial charge in [-0.1, -0.05) is 43.4 Å². The summed E-state index contributed by atoms with van der Waals surface area (Å²) in [6, 6.07) is 12.2. The average molecular weight is 497 g/mol. The first-order valence-electron chi connectivity index (χ1n) is 12.2. The number of unbranched alkanes of at least 4 members (excludes halogenated alkanes) is 1. The molecule has 1 aliphatic rings. The Morgan fingerprint density at radius 1 is 0.861 bits per heavy atom. The Morgan fingerprint density at radius 3 is 2.42 bits per heavy atom. The molecule has 2 unspecified atom stereocenters. The number of hydrogen-bond acceptors (Lipinski definition) is 2. The second-order valence-corrected chi connectivity index (χ2v) is 9.01. The van der Waals surface area contributed by atoms with Crippen molar-refractivity contribution in [3.05, 3.63) is 94.6 Å². The van der Waals surface area contributed by atoms with Crippen molar-refractivity contribution >= 4 is 0 Å². The van der Waals surface area contributed by atoms with Crippen molar-refractivity contribution in [2.75, 3.05) is 19.8 Å². The highest BCUT2D eigenvalue weighted by atomic mass is 19.2. The summed E-state index contributed by atoms with van der Waals surface area (Å²) in [5.41, 5.74) is 1.64. The number of benzene rings is 3. The zero-order chi connectivity index (χ0) is 25.5. The molecule has 0 amide bonds. The van der Waals surface area contributed by atoms with E-state index in [1.165, 1.54) is 24.3 Å². The van der Waals surface area contributed by atoms with E-state index in [1.54, 1.807) is 12.1 Å². The van der Waals surface area contributed by atoms with Crippen molar-refractivity contribution in [2.24, 2.45) is 5.92 Å². The predicted molar refractivity (Wildman–Crippen MR) is 131 cm³/mol. The molecule has 188 valence electrons. The fraction of sp³-hybridized carbons (Fsp3) is 0.333. The molecule has 3 aromatic rings. The zero-order valence-corrected chi connectivity index (χ0v) is 20.1. The maximum Gasteiger partial charge on any atom is 0.159 e. The van der Waals surface area contributed by atoms with Gasteiger partial charge in [0, 0.05) is 23.7 Å². The van der Waals surface area contributed by atoms with E-state index in [9.17, 15) is 17.6 Å². The third-order valence-electron chi connectivity index (χ3n) is 6.27. The topological polar surface area (TPSA) is 18.5 Å². The van der Waals surface area contributed by atoms with E-state index in [-0.39, 0.29) is 22.8 Å². The molecule has 0 aromatic heterocycles. The number of halogens is 4. The monoisotopic (exact) mass is 496 g/mol. The van der Waals surface area contributed by atoms with Crippen LogP contribution in [0.2, 0.25) is 0 Å². The maximum atomic E-state index is 14.7. The lowest BCUT2D eigenvalue weighted by molar-refractivity contribution is -0.0437. The van der Waals surface area contributed by atoms with Crippen LogP contribution in [0, 0.1) is 41.0 Å². The summed E-state index contributed by atoms with van der Waals surface area (Å²) in [6.07, 6.45) is 3.77. The third kappa shape index (κ3) is 6.54. The molecule has 0 saturated carbocycles. The Kier molecular flexibility index (Phi) is 8.79. The average Bonchev–Trinajstić information content (AvgIpc) is 2.88. The lowest BCUT2D eigenvalue weighted by atomic mass is 9.94. The predicted octanol–water partition coefficient (Wildman–Crippen LogP) is 7.59. The minimum absolute atomic E-state index is 0.122. The molecule has 6 heteroatoms. The first-order chi connectivity index (χ1) is 17.4. The molecule has 0 radical (unpaired) electrons. The van der Waals surface area contributed by atoms with Gasteiger partial charge in [-0.05, 0) is 66.8 Å². The van der Waals surface area contributed by atoms with Gasteiger partial charge in [0.2, 0.25) is 0 Å². The van der Waals surface area contributed by atoms with Crippen LogP contribution in [0.1, 0.15) is 55.4 Å². The molecule has 0 bridgehead atoms. The fourth-order valence-electron chi connectivity index (χ4n) is 4.16. The van der Waals surface area contributed by atoms with E-state index in [1.807, 2.05) is 6.07 Å². The molecule has 36 heavy (non-hydrogen) atoms. The summed E-state index contributed by atoms with van der Waals surface area (Å²) in [5.74, 6) is 2.73. The third-order valence-corrected chi connectivity index (χ3v) is 6.27. The van der Waals surface area contributed by atoms with E-state index >= 15 is 0 Å². The first kappa shape index (κ1) is 25.9. The van der Waals surface area contributed by atoms with Gasteiger partial charge in [-0.15, -0.1) is 0 Å². The highest BCUT2D eigenvalue weighted by Gasteiger charge is 2.23. The second-order valence-electron chi connectivity index (χ2n) is 9.01. The SMILES string of the molecule is CCCCOCC1CCC(c2ccc(C#Cc3ccc(-c4ccc(F)c(F)c4)c(F)c3)c(F)c2)OC1. The summed E-state index contributed by atoms with van der Waals surface area (Å²) in [4.78, 5) is 0. The Balaban J connectivity index is 1.39. The number of rotatable bonds is 7. The van der Waals surface area contributed by atoms with Crippen molar-refractivity contribution in [1.82, 2.24) is 0 Å². The minimum atomic E-state index is -1.05. The quantitative estimate of drug-likeness (QED) is 0.191. The lowest BCUT2D eigenvalue weighted by Crippen LogP contribution is -2.24. The molecule has 1 aliphatic heterocycles. The Morgan fingerprint density at radius 2 is 1.72 bits per heavy atom. The van der Waals surface area contributed by atoms with Gasteiger partial charge in [-0.25, -0.2) is 17.6 Å². The van der Waals surface area contributed by atoms with Gasteiger partial charge in [0.25, 0.3) is 0 Å². The molecule has 0 spiro atoms. The highest BCUT2D eigenvalue weighted by Crippen LogP contribution is 2.31. The van der Waals surface area contributed by atoms with Crippen LogP contribution in [0.25, 0.3) is 11.1 Å². The highest BCUT2D eigenvalue weighted by molar-refractivity contribution is 5.65. The van der Waals surface area contributed by atoms with Gasteiger partial charge >= 0.3 is 0 Å². The van der Waals surface area contributed by atoms with E-state index in [0.717, 1.165) is 50.0 Å². The normalized spacial score (nSPS) is 17.5. The van der Waals surface area contributed by atoms with E-state index in [0.29, 0.717) is 24.7 Å². The van der Waals surface area contributed by atoms with Gasteiger partial charge in [-0.3, -0.25) is 0 Å². The largest absolute Gasteiger partial charge is 0.381 e. The smallest absolute Gasteiger partial charge is 0.159 e. The van der Waals surface area contributed by atoms with Crippen LogP contribution in [-0.4, -0.2) is 19.8 Å². The van der Waals surface area contributed by atoms with Crippen molar-refractivity contribution in [3.8, 4) is 23.0 Å². The van der Waals surface area contributed by atoms with Gasteiger partial charge < -0.3 is 9.47 Å². The van der Waals surface area contributed by atoms with E-state index in [4.69, 9.17) is 9.47 Å². The van der Waals surface area contributed by atoms with Gasteiger partial charge in [0.05, 0.1) is 24.9 Å². The molecular weight excluding hydrogens is 468 g/mol. The molecule has 0 aliphatic carbocycles. The molecule has 2 nitrogen and oxygen atoms in total. The second kappa shape index (κ2) is 12.2. The molecule has 3 aromatic carbocycles. The Labute approximate surface area is 209 Å². The van der Waals surface area contributed by atoms with Crippen LogP contribution in [0.15, 0.2) is 54.6 Å². The molecule has 1 heterocycles. The molecule has 1 fully saturated rings. The summed E-state index contributed by atoms with van der Waals surface area (Å²) < 4.78 is 67.6.